The van der Waals surface area contributed by atoms with E-state index in [9.17, 15) is 0 Å². The van der Waals surface area contributed by atoms with Gasteiger partial charge in [-0.15, -0.1) is 0 Å². The lowest BCUT2D eigenvalue weighted by atomic mass is 10.1. The van der Waals surface area contributed by atoms with E-state index >= 15 is 0 Å². The van der Waals surface area contributed by atoms with Crippen molar-refractivity contribution in [3.8, 4) is 5.75 Å². The fourth-order valence-electron chi connectivity index (χ4n) is 2.58. The highest BCUT2D eigenvalue weighted by Crippen LogP contribution is 2.25. The van der Waals surface area contributed by atoms with Gasteiger partial charge in [-0.05, 0) is 37.3 Å². The van der Waals surface area contributed by atoms with Crippen LogP contribution in [0.5, 0.6) is 5.75 Å². The van der Waals surface area contributed by atoms with Crippen LogP contribution in [0.25, 0.3) is 0 Å². The number of allylic oxidation sites excluding steroid dienone is 1. The number of nitrogens with one attached hydrogen (secondary N) is 2. The number of benzene rings is 1. The van der Waals surface area contributed by atoms with Gasteiger partial charge in [-0.25, -0.2) is 4.99 Å². The summed E-state index contributed by atoms with van der Waals surface area (Å²) in [4.78, 5) is 6.73. The number of likely N-dealkylation sites (N-methyl/N-ethyl adjacent to an activating group) is 1. The first-order valence-corrected chi connectivity index (χ1v) is 7.17. The molecule has 0 aliphatic carbocycles. The summed E-state index contributed by atoms with van der Waals surface area (Å²) in [5.74, 6) is 1.54. The molecule has 0 spiro atoms. The predicted molar refractivity (Wildman–Crippen MR) is 85.2 cm³/mol. The largest absolute Gasteiger partial charge is 0.495 e. The number of hydrogen-bond acceptors (Lipinski definition) is 5. The van der Waals surface area contributed by atoms with Gasteiger partial charge in [0.25, 0.3) is 0 Å². The van der Waals surface area contributed by atoms with E-state index in [1.807, 2.05) is 30.5 Å². The third kappa shape index (κ3) is 2.72. The molecule has 3 rings (SSSR count). The Morgan fingerprint density at radius 1 is 1.43 bits per heavy atom. The molecule has 0 radical (unpaired) electrons. The molecule has 2 aliphatic rings. The average molecular weight is 284 g/mol. The zero-order chi connectivity index (χ0) is 14.7. The van der Waals surface area contributed by atoms with Gasteiger partial charge in [0.05, 0.1) is 12.8 Å². The van der Waals surface area contributed by atoms with Crippen LogP contribution in [0.2, 0.25) is 0 Å². The van der Waals surface area contributed by atoms with Crippen LogP contribution in [0.3, 0.4) is 0 Å². The SMILES string of the molecule is CCN1C=CCC2=CN=C(Nc3ccccc3OC)NC21. The summed E-state index contributed by atoms with van der Waals surface area (Å²) >= 11 is 0. The molecule has 1 aromatic carbocycles. The van der Waals surface area contributed by atoms with Gasteiger partial charge in [0.1, 0.15) is 11.9 Å². The Morgan fingerprint density at radius 2 is 2.29 bits per heavy atom. The van der Waals surface area contributed by atoms with E-state index in [-0.39, 0.29) is 6.17 Å². The average Bonchev–Trinajstić information content (AvgIpc) is 2.54. The highest BCUT2D eigenvalue weighted by atomic mass is 16.5. The molecule has 0 saturated carbocycles. The van der Waals surface area contributed by atoms with Crippen LogP contribution in [0.1, 0.15) is 13.3 Å². The zero-order valence-electron chi connectivity index (χ0n) is 12.3. The van der Waals surface area contributed by atoms with Crippen molar-refractivity contribution in [1.29, 1.82) is 0 Å². The Kier molecular flexibility index (Phi) is 3.81. The number of methoxy groups -OCH3 is 1. The smallest absolute Gasteiger partial charge is 0.202 e. The van der Waals surface area contributed by atoms with Crippen molar-refractivity contribution >= 4 is 11.6 Å². The van der Waals surface area contributed by atoms with Crippen molar-refractivity contribution in [2.24, 2.45) is 4.99 Å². The molecular weight excluding hydrogens is 264 g/mol. The molecular formula is C16H20N4O. The van der Waals surface area contributed by atoms with Crippen LogP contribution in [0.4, 0.5) is 5.69 Å². The lowest BCUT2D eigenvalue weighted by Gasteiger charge is -2.37. The molecule has 1 unspecified atom stereocenters. The number of aliphatic imine (C=N–C) groups is 1. The molecule has 2 aliphatic heterocycles. The van der Waals surface area contributed by atoms with E-state index in [0.717, 1.165) is 30.4 Å². The first-order chi connectivity index (χ1) is 10.3. The maximum Gasteiger partial charge on any atom is 0.202 e. The summed E-state index contributed by atoms with van der Waals surface area (Å²) < 4.78 is 5.35. The summed E-state index contributed by atoms with van der Waals surface area (Å²) in [5.41, 5.74) is 2.18. The van der Waals surface area contributed by atoms with Gasteiger partial charge in [0.2, 0.25) is 5.96 Å². The second kappa shape index (κ2) is 5.91. The lowest BCUT2D eigenvalue weighted by Crippen LogP contribution is -2.51. The number of fused-ring (bicyclic) bond motifs is 1. The molecule has 2 N–H and O–H groups in total. The Hall–Kier alpha value is -2.43. The molecule has 0 amide bonds. The van der Waals surface area contributed by atoms with E-state index in [1.54, 1.807) is 7.11 Å². The van der Waals surface area contributed by atoms with E-state index < -0.39 is 0 Å². The first kappa shape index (κ1) is 13.5. The standard InChI is InChI=1S/C16H20N4O/c1-3-20-10-6-7-12-11-17-16(19-15(12)20)18-13-8-4-5-9-14(13)21-2/h4-6,8-11,15H,3,7H2,1-2H3,(H2,17,18,19). The minimum Gasteiger partial charge on any atom is -0.495 e. The summed E-state index contributed by atoms with van der Waals surface area (Å²) in [5, 5.41) is 6.74. The Morgan fingerprint density at radius 3 is 3.10 bits per heavy atom. The van der Waals surface area contributed by atoms with Crippen LogP contribution < -0.4 is 15.4 Å². The van der Waals surface area contributed by atoms with Crippen LogP contribution in [-0.4, -0.2) is 30.7 Å². The Bertz CT molecular complexity index is 606. The van der Waals surface area contributed by atoms with Gasteiger partial charge >= 0.3 is 0 Å². The predicted octanol–water partition coefficient (Wildman–Crippen LogP) is 2.52. The van der Waals surface area contributed by atoms with Crippen molar-refractivity contribution in [2.75, 3.05) is 19.0 Å². The second-order valence-corrected chi connectivity index (χ2v) is 4.97. The number of anilines is 1. The van der Waals surface area contributed by atoms with Crippen LogP contribution in [0.15, 0.2) is 53.3 Å². The minimum atomic E-state index is 0.176. The van der Waals surface area contributed by atoms with E-state index in [0.29, 0.717) is 0 Å². The van der Waals surface area contributed by atoms with Gasteiger partial charge in [-0.2, -0.15) is 0 Å². The second-order valence-electron chi connectivity index (χ2n) is 4.97. The molecule has 0 bridgehead atoms. The molecule has 1 atom stereocenters. The molecule has 110 valence electrons. The van der Waals surface area contributed by atoms with E-state index in [2.05, 4.69) is 39.7 Å². The molecule has 5 heteroatoms. The zero-order valence-corrected chi connectivity index (χ0v) is 12.3. The maximum absolute atomic E-state index is 5.35. The normalized spacial score (nSPS) is 20.1. The molecule has 21 heavy (non-hydrogen) atoms. The van der Waals surface area contributed by atoms with Crippen molar-refractivity contribution in [1.82, 2.24) is 10.2 Å². The lowest BCUT2D eigenvalue weighted by molar-refractivity contribution is 0.290. The van der Waals surface area contributed by atoms with Gasteiger partial charge in [0, 0.05) is 12.7 Å². The summed E-state index contributed by atoms with van der Waals surface area (Å²) in [6, 6.07) is 7.81. The topological polar surface area (TPSA) is 48.9 Å². The fourth-order valence-corrected chi connectivity index (χ4v) is 2.58. The van der Waals surface area contributed by atoms with Gasteiger partial charge in [-0.1, -0.05) is 18.2 Å². The number of rotatable bonds is 3. The van der Waals surface area contributed by atoms with Gasteiger partial charge in [-0.3, -0.25) is 0 Å². The Labute approximate surface area is 125 Å². The highest BCUT2D eigenvalue weighted by Gasteiger charge is 2.25. The monoisotopic (exact) mass is 284 g/mol. The minimum absolute atomic E-state index is 0.176. The van der Waals surface area contributed by atoms with Gasteiger partial charge < -0.3 is 20.3 Å². The van der Waals surface area contributed by atoms with E-state index in [4.69, 9.17) is 4.74 Å². The first-order valence-electron chi connectivity index (χ1n) is 7.17. The third-order valence-corrected chi connectivity index (χ3v) is 3.69. The van der Waals surface area contributed by atoms with Crippen molar-refractivity contribution in [3.63, 3.8) is 0 Å². The summed E-state index contributed by atoms with van der Waals surface area (Å²) in [6.07, 6.45) is 7.38. The summed E-state index contributed by atoms with van der Waals surface area (Å²) in [6.45, 7) is 3.10. The highest BCUT2D eigenvalue weighted by molar-refractivity contribution is 5.96. The molecule has 0 saturated heterocycles. The van der Waals surface area contributed by atoms with Crippen molar-refractivity contribution in [2.45, 2.75) is 19.5 Å². The van der Waals surface area contributed by atoms with Crippen LogP contribution >= 0.6 is 0 Å². The van der Waals surface area contributed by atoms with Gasteiger partial charge in [0.15, 0.2) is 0 Å². The quantitative estimate of drug-likeness (QED) is 0.895. The summed E-state index contributed by atoms with van der Waals surface area (Å²) in [7, 11) is 1.67. The molecule has 0 fully saturated rings. The number of ether oxygens (including phenoxy) is 1. The van der Waals surface area contributed by atoms with Crippen LogP contribution in [0, 0.1) is 0 Å². The van der Waals surface area contributed by atoms with Crippen molar-refractivity contribution < 1.29 is 4.74 Å². The Balaban J connectivity index is 1.79. The fraction of sp³-hybridized carbons (Fsp3) is 0.312. The third-order valence-electron chi connectivity index (χ3n) is 3.69. The van der Waals surface area contributed by atoms with Crippen molar-refractivity contribution in [3.05, 3.63) is 48.3 Å². The number of para-hydroxylation sites is 2. The van der Waals surface area contributed by atoms with Crippen LogP contribution in [-0.2, 0) is 0 Å². The molecule has 1 aromatic rings. The van der Waals surface area contributed by atoms with E-state index in [1.165, 1.54) is 5.57 Å². The number of nitrogens with zero attached hydrogens (tertiary/aromatic N) is 2. The molecule has 5 nitrogen and oxygen atoms in total. The molecule has 0 aromatic heterocycles. The molecule has 2 heterocycles. The number of guanidine groups is 1. The maximum atomic E-state index is 5.35. The number of hydrogen-bond donors (Lipinski definition) is 2.